The zero-order valence-electron chi connectivity index (χ0n) is 12.6. The molecule has 0 aromatic heterocycles. The molecule has 0 heterocycles. The molecule has 20 heavy (non-hydrogen) atoms. The summed E-state index contributed by atoms with van der Waals surface area (Å²) in [4.78, 5) is 0.175. The minimum Gasteiger partial charge on any atom is -0.495 e. The van der Waals surface area contributed by atoms with Crippen molar-refractivity contribution in [3.63, 3.8) is 0 Å². The second-order valence-electron chi connectivity index (χ2n) is 5.20. The van der Waals surface area contributed by atoms with Crippen molar-refractivity contribution in [2.24, 2.45) is 11.7 Å². The molecule has 0 atom stereocenters. The third-order valence-electron chi connectivity index (χ3n) is 3.17. The van der Waals surface area contributed by atoms with Crippen molar-refractivity contribution >= 4 is 10.0 Å². The first-order valence-electron chi connectivity index (χ1n) is 6.66. The third-order valence-corrected chi connectivity index (χ3v) is 5.05. The van der Waals surface area contributed by atoms with Crippen molar-refractivity contribution in [3.8, 4) is 5.75 Å². The Labute approximate surface area is 121 Å². The number of ether oxygens (including phenoxy) is 1. The molecular weight excluding hydrogens is 276 g/mol. The molecule has 0 saturated carbocycles. The van der Waals surface area contributed by atoms with Gasteiger partial charge in [0.1, 0.15) is 10.6 Å². The Morgan fingerprint density at radius 1 is 1.35 bits per heavy atom. The van der Waals surface area contributed by atoms with Gasteiger partial charge in [0.05, 0.1) is 7.11 Å². The van der Waals surface area contributed by atoms with E-state index in [-0.39, 0.29) is 4.90 Å². The normalized spacial score (nSPS) is 12.2. The summed E-state index contributed by atoms with van der Waals surface area (Å²) in [6.45, 7) is 4.91. The zero-order valence-corrected chi connectivity index (χ0v) is 13.4. The van der Waals surface area contributed by atoms with Gasteiger partial charge in [0.15, 0.2) is 0 Å². The van der Waals surface area contributed by atoms with E-state index < -0.39 is 10.0 Å². The van der Waals surface area contributed by atoms with Crippen molar-refractivity contribution in [2.45, 2.75) is 31.7 Å². The van der Waals surface area contributed by atoms with Crippen LogP contribution in [0.2, 0.25) is 0 Å². The van der Waals surface area contributed by atoms with Crippen LogP contribution in [0, 0.1) is 5.92 Å². The van der Waals surface area contributed by atoms with Gasteiger partial charge in [-0.25, -0.2) is 12.7 Å². The van der Waals surface area contributed by atoms with Crippen molar-refractivity contribution in [1.82, 2.24) is 4.31 Å². The van der Waals surface area contributed by atoms with Gasteiger partial charge in [0.2, 0.25) is 10.0 Å². The molecule has 0 aliphatic heterocycles. The Morgan fingerprint density at radius 2 is 2.00 bits per heavy atom. The molecule has 2 N–H and O–H groups in total. The fraction of sp³-hybridized carbons (Fsp3) is 0.571. The van der Waals surface area contributed by atoms with Crippen LogP contribution < -0.4 is 10.5 Å². The average molecular weight is 300 g/mol. The van der Waals surface area contributed by atoms with Gasteiger partial charge in [-0.1, -0.05) is 19.9 Å². The van der Waals surface area contributed by atoms with Gasteiger partial charge in [-0.05, 0) is 30.0 Å². The maximum atomic E-state index is 12.6. The third kappa shape index (κ3) is 3.94. The van der Waals surface area contributed by atoms with Crippen LogP contribution in [0.4, 0.5) is 0 Å². The van der Waals surface area contributed by atoms with Crippen molar-refractivity contribution in [3.05, 3.63) is 23.8 Å². The molecular formula is C14H24N2O3S. The van der Waals surface area contributed by atoms with E-state index in [1.54, 1.807) is 25.2 Å². The molecule has 1 aromatic rings. The Hall–Kier alpha value is -1.11. The number of nitrogens with zero attached hydrogens (tertiary/aromatic N) is 1. The number of nitrogens with two attached hydrogens (primary N) is 1. The number of sulfonamides is 1. The quantitative estimate of drug-likeness (QED) is 0.833. The molecule has 0 spiro atoms. The topological polar surface area (TPSA) is 72.6 Å². The first kappa shape index (κ1) is 16.9. The largest absolute Gasteiger partial charge is 0.495 e. The molecule has 0 bridgehead atoms. The molecule has 1 rings (SSSR count). The molecule has 0 unspecified atom stereocenters. The highest BCUT2D eigenvalue weighted by Crippen LogP contribution is 2.27. The lowest BCUT2D eigenvalue weighted by atomic mass is 10.1. The summed E-state index contributed by atoms with van der Waals surface area (Å²) in [7, 11) is -0.505. The van der Waals surface area contributed by atoms with E-state index in [9.17, 15) is 8.42 Å². The maximum Gasteiger partial charge on any atom is 0.246 e. The summed E-state index contributed by atoms with van der Waals surface area (Å²) >= 11 is 0. The van der Waals surface area contributed by atoms with Crippen LogP contribution in [0.3, 0.4) is 0 Å². The summed E-state index contributed by atoms with van der Waals surface area (Å²) in [6, 6.07) is 5.00. The molecule has 0 aliphatic carbocycles. The predicted octanol–water partition coefficient (Wildman–Crippen LogP) is 1.82. The van der Waals surface area contributed by atoms with Gasteiger partial charge in [-0.3, -0.25) is 0 Å². The van der Waals surface area contributed by atoms with Crippen LogP contribution in [-0.4, -0.2) is 33.4 Å². The van der Waals surface area contributed by atoms with Gasteiger partial charge >= 0.3 is 0 Å². The minimum atomic E-state index is -3.56. The maximum absolute atomic E-state index is 12.6. The zero-order chi connectivity index (χ0) is 15.3. The first-order valence-corrected chi connectivity index (χ1v) is 8.10. The van der Waals surface area contributed by atoms with Gasteiger partial charge in [-0.2, -0.15) is 0 Å². The molecule has 0 amide bonds. The Kier molecular flexibility index (Phi) is 5.98. The highest BCUT2D eigenvalue weighted by molar-refractivity contribution is 7.89. The minimum absolute atomic E-state index is 0.175. The van der Waals surface area contributed by atoms with Crippen LogP contribution in [0.1, 0.15) is 25.8 Å². The Morgan fingerprint density at radius 3 is 2.50 bits per heavy atom. The molecule has 114 valence electrons. The highest BCUT2D eigenvalue weighted by atomic mass is 32.2. The molecule has 6 heteroatoms. The first-order chi connectivity index (χ1) is 9.32. The van der Waals surface area contributed by atoms with Crippen LogP contribution in [-0.2, 0) is 16.6 Å². The van der Waals surface area contributed by atoms with Gasteiger partial charge in [-0.15, -0.1) is 0 Å². The molecule has 0 aliphatic rings. The summed E-state index contributed by atoms with van der Waals surface area (Å²) in [6.07, 6.45) is 0.814. The van der Waals surface area contributed by atoms with Crippen molar-refractivity contribution < 1.29 is 13.2 Å². The average Bonchev–Trinajstić information content (AvgIpc) is 2.43. The van der Waals surface area contributed by atoms with Crippen LogP contribution in [0.25, 0.3) is 0 Å². The van der Waals surface area contributed by atoms with E-state index in [0.29, 0.717) is 24.8 Å². The monoisotopic (exact) mass is 300 g/mol. The lowest BCUT2D eigenvalue weighted by molar-refractivity contribution is 0.394. The van der Waals surface area contributed by atoms with E-state index >= 15 is 0 Å². The summed E-state index contributed by atoms with van der Waals surface area (Å²) in [5.74, 6) is 0.795. The molecule has 0 saturated heterocycles. The smallest absolute Gasteiger partial charge is 0.246 e. The van der Waals surface area contributed by atoms with Gasteiger partial charge in [0, 0.05) is 20.1 Å². The molecule has 0 fully saturated rings. The Bertz CT molecular complexity index is 541. The van der Waals surface area contributed by atoms with Gasteiger partial charge < -0.3 is 10.5 Å². The SMILES string of the molecule is COc1ccc(CN)cc1S(=O)(=O)N(C)CCC(C)C. The number of rotatable bonds is 7. The fourth-order valence-electron chi connectivity index (χ4n) is 1.78. The molecule has 5 nitrogen and oxygen atoms in total. The number of methoxy groups -OCH3 is 1. The molecule has 0 radical (unpaired) electrons. The number of hydrogen-bond acceptors (Lipinski definition) is 4. The number of benzene rings is 1. The van der Waals surface area contributed by atoms with E-state index in [0.717, 1.165) is 12.0 Å². The Balaban J connectivity index is 3.13. The second-order valence-corrected chi connectivity index (χ2v) is 7.21. The van der Waals surface area contributed by atoms with Gasteiger partial charge in [0.25, 0.3) is 0 Å². The summed E-state index contributed by atoms with van der Waals surface area (Å²) in [5.41, 5.74) is 6.34. The van der Waals surface area contributed by atoms with Crippen molar-refractivity contribution in [2.75, 3.05) is 20.7 Å². The number of hydrogen-bond donors (Lipinski definition) is 1. The fourth-order valence-corrected chi connectivity index (χ4v) is 3.17. The summed E-state index contributed by atoms with van der Waals surface area (Å²) in [5, 5.41) is 0. The predicted molar refractivity (Wildman–Crippen MR) is 80.2 cm³/mol. The standard InChI is InChI=1S/C14H24N2O3S/c1-11(2)7-8-16(3)20(17,18)14-9-12(10-15)5-6-13(14)19-4/h5-6,9,11H,7-8,10,15H2,1-4H3. The molecule has 1 aromatic carbocycles. The van der Waals surface area contributed by atoms with Crippen LogP contribution in [0.15, 0.2) is 23.1 Å². The van der Waals surface area contributed by atoms with E-state index in [1.165, 1.54) is 11.4 Å². The van der Waals surface area contributed by atoms with E-state index in [2.05, 4.69) is 13.8 Å². The van der Waals surface area contributed by atoms with Crippen molar-refractivity contribution in [1.29, 1.82) is 0 Å². The second kappa shape index (κ2) is 7.06. The van der Waals surface area contributed by atoms with Crippen LogP contribution in [0.5, 0.6) is 5.75 Å². The lowest BCUT2D eigenvalue weighted by Crippen LogP contribution is -2.29. The van der Waals surface area contributed by atoms with E-state index in [4.69, 9.17) is 10.5 Å². The van der Waals surface area contributed by atoms with Crippen LogP contribution >= 0.6 is 0 Å². The lowest BCUT2D eigenvalue weighted by Gasteiger charge is -2.20. The highest BCUT2D eigenvalue weighted by Gasteiger charge is 2.25. The van der Waals surface area contributed by atoms with E-state index in [1.807, 2.05) is 0 Å². The summed E-state index contributed by atoms with van der Waals surface area (Å²) < 4.78 is 31.7.